The lowest BCUT2D eigenvalue weighted by atomic mass is 10.2. The number of hydrogen-bond donors (Lipinski definition) is 2. The molecule has 0 saturated heterocycles. The van der Waals surface area contributed by atoms with E-state index < -0.39 is 6.10 Å². The van der Waals surface area contributed by atoms with Crippen LogP contribution in [0.1, 0.15) is 11.3 Å². The first kappa shape index (κ1) is 14.7. The van der Waals surface area contributed by atoms with E-state index in [0.29, 0.717) is 19.8 Å². The van der Waals surface area contributed by atoms with Crippen LogP contribution in [0.5, 0.6) is 0 Å². The standard InChI is InChI=1S/C15H20N2O3/c18-14(11-19-12-15-2-1-9-20-15)10-17-8-5-13-3-6-16-7-4-13/h1-4,6-7,9,14,17-18H,5,8,10-12H2. The van der Waals surface area contributed by atoms with Gasteiger partial charge in [0, 0.05) is 18.9 Å². The molecule has 0 aliphatic carbocycles. The fourth-order valence-electron chi connectivity index (χ4n) is 1.80. The summed E-state index contributed by atoms with van der Waals surface area (Å²) in [5, 5.41) is 13.0. The molecule has 2 aromatic rings. The number of aliphatic hydroxyl groups is 1. The van der Waals surface area contributed by atoms with Gasteiger partial charge in [0.2, 0.25) is 0 Å². The van der Waals surface area contributed by atoms with E-state index in [-0.39, 0.29) is 0 Å². The number of pyridine rings is 1. The van der Waals surface area contributed by atoms with Gasteiger partial charge in [-0.2, -0.15) is 0 Å². The molecule has 5 nitrogen and oxygen atoms in total. The molecule has 0 aliphatic heterocycles. The lowest BCUT2D eigenvalue weighted by molar-refractivity contribution is 0.0228. The second kappa shape index (κ2) is 8.47. The van der Waals surface area contributed by atoms with Crippen LogP contribution in [-0.4, -0.2) is 35.9 Å². The van der Waals surface area contributed by atoms with Crippen LogP contribution in [0.3, 0.4) is 0 Å². The van der Waals surface area contributed by atoms with Crippen molar-refractivity contribution in [1.82, 2.24) is 10.3 Å². The van der Waals surface area contributed by atoms with Crippen LogP contribution in [0.4, 0.5) is 0 Å². The molecule has 2 N–H and O–H groups in total. The third kappa shape index (κ3) is 5.52. The van der Waals surface area contributed by atoms with Crippen molar-refractivity contribution in [2.45, 2.75) is 19.1 Å². The first-order valence-corrected chi connectivity index (χ1v) is 6.72. The van der Waals surface area contributed by atoms with E-state index in [9.17, 15) is 5.11 Å². The highest BCUT2D eigenvalue weighted by molar-refractivity contribution is 5.09. The molecule has 0 radical (unpaired) electrons. The van der Waals surface area contributed by atoms with Gasteiger partial charge in [-0.05, 0) is 42.8 Å². The van der Waals surface area contributed by atoms with Crippen LogP contribution in [0.25, 0.3) is 0 Å². The van der Waals surface area contributed by atoms with Crippen molar-refractivity contribution < 1.29 is 14.3 Å². The maximum absolute atomic E-state index is 9.75. The number of furan rings is 1. The highest BCUT2D eigenvalue weighted by atomic mass is 16.5. The SMILES string of the molecule is OC(CNCCc1ccncc1)COCc1ccco1. The van der Waals surface area contributed by atoms with Crippen LogP contribution in [0, 0.1) is 0 Å². The summed E-state index contributed by atoms with van der Waals surface area (Å²) in [6, 6.07) is 7.64. The Morgan fingerprint density at radius 1 is 1.30 bits per heavy atom. The lowest BCUT2D eigenvalue weighted by Crippen LogP contribution is -2.31. The first-order chi connectivity index (χ1) is 9.84. The molecule has 0 spiro atoms. The third-order valence-electron chi connectivity index (χ3n) is 2.85. The van der Waals surface area contributed by atoms with Crippen molar-refractivity contribution in [3.63, 3.8) is 0 Å². The molecule has 5 heteroatoms. The molecule has 0 amide bonds. The Morgan fingerprint density at radius 2 is 2.15 bits per heavy atom. The predicted molar refractivity (Wildman–Crippen MR) is 75.2 cm³/mol. The fourth-order valence-corrected chi connectivity index (χ4v) is 1.80. The Hall–Kier alpha value is -1.69. The van der Waals surface area contributed by atoms with Gasteiger partial charge in [-0.15, -0.1) is 0 Å². The molecule has 1 atom stereocenters. The molecule has 1 unspecified atom stereocenters. The minimum Gasteiger partial charge on any atom is -0.467 e. The summed E-state index contributed by atoms with van der Waals surface area (Å²) in [6.07, 6.45) is 5.58. The smallest absolute Gasteiger partial charge is 0.129 e. The van der Waals surface area contributed by atoms with E-state index in [1.165, 1.54) is 5.56 Å². The number of aliphatic hydroxyl groups excluding tert-OH is 1. The van der Waals surface area contributed by atoms with E-state index >= 15 is 0 Å². The average Bonchev–Trinajstić information content (AvgIpc) is 2.98. The summed E-state index contributed by atoms with van der Waals surface area (Å²) < 4.78 is 10.5. The molecule has 108 valence electrons. The van der Waals surface area contributed by atoms with Crippen LogP contribution >= 0.6 is 0 Å². The Labute approximate surface area is 118 Å². The molecule has 0 bridgehead atoms. The van der Waals surface area contributed by atoms with E-state index in [4.69, 9.17) is 9.15 Å². The molecule has 0 fully saturated rings. The minimum absolute atomic E-state index is 0.295. The highest BCUT2D eigenvalue weighted by Gasteiger charge is 2.04. The molecular weight excluding hydrogens is 256 g/mol. The van der Waals surface area contributed by atoms with E-state index in [2.05, 4.69) is 10.3 Å². The van der Waals surface area contributed by atoms with Gasteiger partial charge in [-0.1, -0.05) is 0 Å². The van der Waals surface area contributed by atoms with Crippen molar-refractivity contribution in [3.05, 3.63) is 54.2 Å². The highest BCUT2D eigenvalue weighted by Crippen LogP contribution is 2.02. The fraction of sp³-hybridized carbons (Fsp3) is 0.400. The van der Waals surface area contributed by atoms with Gasteiger partial charge >= 0.3 is 0 Å². The summed E-state index contributed by atoms with van der Waals surface area (Å²) in [5.41, 5.74) is 1.23. The van der Waals surface area contributed by atoms with E-state index in [1.807, 2.05) is 24.3 Å². The monoisotopic (exact) mass is 276 g/mol. The van der Waals surface area contributed by atoms with Gasteiger partial charge in [0.05, 0.1) is 19.0 Å². The number of hydrogen-bond acceptors (Lipinski definition) is 5. The zero-order valence-electron chi connectivity index (χ0n) is 11.4. The maximum Gasteiger partial charge on any atom is 0.129 e. The first-order valence-electron chi connectivity index (χ1n) is 6.72. The van der Waals surface area contributed by atoms with Gasteiger partial charge in [-0.3, -0.25) is 4.98 Å². The molecule has 0 aromatic carbocycles. The Morgan fingerprint density at radius 3 is 2.90 bits per heavy atom. The molecule has 2 heterocycles. The second-order valence-corrected chi connectivity index (χ2v) is 4.56. The molecule has 20 heavy (non-hydrogen) atoms. The number of aromatic nitrogens is 1. The molecule has 2 rings (SSSR count). The zero-order valence-corrected chi connectivity index (χ0v) is 11.4. The van der Waals surface area contributed by atoms with E-state index in [1.54, 1.807) is 18.7 Å². The van der Waals surface area contributed by atoms with Gasteiger partial charge in [-0.25, -0.2) is 0 Å². The Balaban J connectivity index is 1.51. The normalized spacial score (nSPS) is 12.4. The van der Waals surface area contributed by atoms with Crippen molar-refractivity contribution in [2.75, 3.05) is 19.7 Å². The van der Waals surface area contributed by atoms with Gasteiger partial charge in [0.1, 0.15) is 12.4 Å². The average molecular weight is 276 g/mol. The Kier molecular flexibility index (Phi) is 6.23. The van der Waals surface area contributed by atoms with Gasteiger partial charge in [0.15, 0.2) is 0 Å². The Bertz CT molecular complexity index is 459. The van der Waals surface area contributed by atoms with Gasteiger partial charge in [0.25, 0.3) is 0 Å². The summed E-state index contributed by atoms with van der Waals surface area (Å²) in [5.74, 6) is 0.767. The number of nitrogens with zero attached hydrogens (tertiary/aromatic N) is 1. The zero-order chi connectivity index (χ0) is 14.0. The largest absolute Gasteiger partial charge is 0.467 e. The van der Waals surface area contributed by atoms with Crippen LogP contribution < -0.4 is 5.32 Å². The second-order valence-electron chi connectivity index (χ2n) is 4.56. The maximum atomic E-state index is 9.75. The number of nitrogens with one attached hydrogen (secondary N) is 1. The summed E-state index contributed by atoms with van der Waals surface area (Å²) in [4.78, 5) is 3.97. The topological polar surface area (TPSA) is 67.5 Å². The molecule has 0 aliphatic rings. The van der Waals surface area contributed by atoms with Crippen LogP contribution in [-0.2, 0) is 17.8 Å². The van der Waals surface area contributed by atoms with E-state index in [0.717, 1.165) is 18.7 Å². The molecular formula is C15H20N2O3. The van der Waals surface area contributed by atoms with Crippen molar-refractivity contribution in [2.24, 2.45) is 0 Å². The van der Waals surface area contributed by atoms with Crippen LogP contribution in [0.2, 0.25) is 0 Å². The van der Waals surface area contributed by atoms with Crippen molar-refractivity contribution >= 4 is 0 Å². The minimum atomic E-state index is -0.512. The molecule has 0 saturated carbocycles. The summed E-state index contributed by atoms with van der Waals surface area (Å²) >= 11 is 0. The van der Waals surface area contributed by atoms with Crippen LogP contribution in [0.15, 0.2) is 47.3 Å². The van der Waals surface area contributed by atoms with Crippen molar-refractivity contribution in [1.29, 1.82) is 0 Å². The van der Waals surface area contributed by atoms with Gasteiger partial charge < -0.3 is 19.6 Å². The predicted octanol–water partition coefficient (Wildman–Crippen LogP) is 1.38. The summed E-state index contributed by atoms with van der Waals surface area (Å²) in [6.45, 7) is 2.02. The summed E-state index contributed by atoms with van der Waals surface area (Å²) in [7, 11) is 0. The lowest BCUT2D eigenvalue weighted by Gasteiger charge is -2.11. The third-order valence-corrected chi connectivity index (χ3v) is 2.85. The number of ether oxygens (including phenoxy) is 1. The van der Waals surface area contributed by atoms with Crippen molar-refractivity contribution in [3.8, 4) is 0 Å². The molecule has 2 aromatic heterocycles. The number of rotatable bonds is 9. The quantitative estimate of drug-likeness (QED) is 0.677.